The zero-order chi connectivity index (χ0) is 13.9. The molecule has 0 spiro atoms. The van der Waals surface area contributed by atoms with E-state index in [1.807, 2.05) is 12.1 Å². The van der Waals surface area contributed by atoms with E-state index in [-0.39, 0.29) is 0 Å². The fourth-order valence-electron chi connectivity index (χ4n) is 3.58. The second-order valence-corrected chi connectivity index (χ2v) is 6.09. The van der Waals surface area contributed by atoms with Gasteiger partial charge in [-0.2, -0.15) is 0 Å². The average Bonchev–Trinajstić information content (AvgIpc) is 3.01. The Bertz CT molecular complexity index is 454. The van der Waals surface area contributed by atoms with Crippen LogP contribution in [0, 0.1) is 5.92 Å². The lowest BCUT2D eigenvalue weighted by Gasteiger charge is -2.31. The highest BCUT2D eigenvalue weighted by molar-refractivity contribution is 5.43. The Morgan fingerprint density at radius 2 is 2.05 bits per heavy atom. The first-order valence-corrected chi connectivity index (χ1v) is 7.84. The van der Waals surface area contributed by atoms with Crippen molar-refractivity contribution in [1.82, 2.24) is 5.32 Å². The molecule has 0 amide bonds. The van der Waals surface area contributed by atoms with E-state index in [1.54, 1.807) is 7.11 Å². The van der Waals surface area contributed by atoms with Crippen molar-refractivity contribution in [2.75, 3.05) is 13.7 Å². The highest BCUT2D eigenvalue weighted by Crippen LogP contribution is 2.36. The number of fused-ring (bicyclic) bond motifs is 1. The van der Waals surface area contributed by atoms with Crippen LogP contribution < -0.4 is 14.8 Å². The molecule has 110 valence electrons. The fourth-order valence-corrected chi connectivity index (χ4v) is 3.58. The van der Waals surface area contributed by atoms with Crippen molar-refractivity contribution in [1.29, 1.82) is 0 Å². The zero-order valence-electron chi connectivity index (χ0n) is 12.5. The van der Waals surface area contributed by atoms with E-state index >= 15 is 0 Å². The number of hydrogen-bond acceptors (Lipinski definition) is 3. The van der Waals surface area contributed by atoms with Crippen molar-refractivity contribution in [3.63, 3.8) is 0 Å². The van der Waals surface area contributed by atoms with Crippen LogP contribution in [0.5, 0.6) is 11.5 Å². The molecule has 3 nitrogen and oxygen atoms in total. The monoisotopic (exact) mass is 275 g/mol. The topological polar surface area (TPSA) is 30.5 Å². The van der Waals surface area contributed by atoms with Gasteiger partial charge in [-0.3, -0.25) is 0 Å². The van der Waals surface area contributed by atoms with Crippen LogP contribution in [0.25, 0.3) is 0 Å². The molecule has 1 aliphatic carbocycles. The van der Waals surface area contributed by atoms with Gasteiger partial charge < -0.3 is 14.8 Å². The van der Waals surface area contributed by atoms with Gasteiger partial charge in [-0.25, -0.2) is 0 Å². The molecule has 1 fully saturated rings. The van der Waals surface area contributed by atoms with Crippen molar-refractivity contribution < 1.29 is 9.47 Å². The molecule has 3 rings (SSSR count). The van der Waals surface area contributed by atoms with E-state index in [9.17, 15) is 0 Å². The van der Waals surface area contributed by atoms with E-state index in [1.165, 1.54) is 31.2 Å². The van der Waals surface area contributed by atoms with Crippen molar-refractivity contribution >= 4 is 0 Å². The van der Waals surface area contributed by atoms with Gasteiger partial charge in [-0.05, 0) is 43.9 Å². The van der Waals surface area contributed by atoms with Gasteiger partial charge in [0.25, 0.3) is 0 Å². The molecule has 0 radical (unpaired) electrons. The SMILES string of the molecule is COc1ccc2c(c1)C(N[C@@H](C)C1CCCC1)CCO2. The molecule has 0 bridgehead atoms. The molecule has 3 heteroatoms. The largest absolute Gasteiger partial charge is 0.497 e. The third kappa shape index (κ3) is 2.78. The molecular weight excluding hydrogens is 250 g/mol. The normalized spacial score (nSPS) is 24.0. The summed E-state index contributed by atoms with van der Waals surface area (Å²) in [5.74, 6) is 2.76. The van der Waals surface area contributed by atoms with Gasteiger partial charge in [0.1, 0.15) is 11.5 Å². The summed E-state index contributed by atoms with van der Waals surface area (Å²) in [6.45, 7) is 3.14. The molecule has 1 heterocycles. The Morgan fingerprint density at radius 3 is 2.80 bits per heavy atom. The van der Waals surface area contributed by atoms with Crippen molar-refractivity contribution in [3.05, 3.63) is 23.8 Å². The maximum Gasteiger partial charge on any atom is 0.124 e. The van der Waals surface area contributed by atoms with E-state index < -0.39 is 0 Å². The molecule has 1 aromatic carbocycles. The smallest absolute Gasteiger partial charge is 0.124 e. The maximum absolute atomic E-state index is 5.76. The van der Waals surface area contributed by atoms with Gasteiger partial charge in [0.15, 0.2) is 0 Å². The Kier molecular flexibility index (Phi) is 4.16. The first kappa shape index (κ1) is 13.7. The zero-order valence-corrected chi connectivity index (χ0v) is 12.5. The molecule has 2 atom stereocenters. The predicted octanol–water partition coefficient (Wildman–Crippen LogP) is 3.69. The van der Waals surface area contributed by atoms with Crippen molar-refractivity contribution in [2.24, 2.45) is 5.92 Å². The van der Waals surface area contributed by atoms with Gasteiger partial charge in [-0.15, -0.1) is 0 Å². The standard InChI is InChI=1S/C17H25NO2/c1-12(13-5-3-4-6-13)18-16-9-10-20-17-8-7-14(19-2)11-15(16)17/h7-8,11-13,16,18H,3-6,9-10H2,1-2H3/t12-,16?/m0/s1. The molecule has 0 saturated heterocycles. The Balaban J connectivity index is 1.74. The summed E-state index contributed by atoms with van der Waals surface area (Å²) in [6.07, 6.45) is 6.59. The molecule has 1 aliphatic heterocycles. The highest BCUT2D eigenvalue weighted by atomic mass is 16.5. The lowest BCUT2D eigenvalue weighted by Crippen LogP contribution is -2.37. The second kappa shape index (κ2) is 6.04. The van der Waals surface area contributed by atoms with Crippen LogP contribution >= 0.6 is 0 Å². The summed E-state index contributed by atoms with van der Waals surface area (Å²) in [7, 11) is 1.72. The minimum absolute atomic E-state index is 0.393. The van der Waals surface area contributed by atoms with Gasteiger partial charge in [0.2, 0.25) is 0 Å². The van der Waals surface area contributed by atoms with E-state index in [0.29, 0.717) is 12.1 Å². The summed E-state index contributed by atoms with van der Waals surface area (Å²) < 4.78 is 11.1. The van der Waals surface area contributed by atoms with Gasteiger partial charge in [0, 0.05) is 24.1 Å². The maximum atomic E-state index is 5.76. The lowest BCUT2D eigenvalue weighted by atomic mass is 9.95. The third-order valence-electron chi connectivity index (χ3n) is 4.83. The summed E-state index contributed by atoms with van der Waals surface area (Å²) in [5.41, 5.74) is 1.25. The van der Waals surface area contributed by atoms with E-state index in [2.05, 4.69) is 18.3 Å². The summed E-state index contributed by atoms with van der Waals surface area (Å²) in [5, 5.41) is 3.83. The number of hydrogen-bond donors (Lipinski definition) is 1. The number of benzene rings is 1. The van der Waals surface area contributed by atoms with Crippen LogP contribution in [0.2, 0.25) is 0 Å². The Hall–Kier alpha value is -1.22. The van der Waals surface area contributed by atoms with Crippen LogP contribution in [0.15, 0.2) is 18.2 Å². The van der Waals surface area contributed by atoms with E-state index in [4.69, 9.17) is 9.47 Å². The number of ether oxygens (including phenoxy) is 2. The van der Waals surface area contributed by atoms with Gasteiger partial charge >= 0.3 is 0 Å². The average molecular weight is 275 g/mol. The van der Waals surface area contributed by atoms with Crippen LogP contribution in [0.3, 0.4) is 0 Å². The van der Waals surface area contributed by atoms with Crippen LogP contribution in [-0.2, 0) is 0 Å². The predicted molar refractivity (Wildman–Crippen MR) is 80.4 cm³/mol. The van der Waals surface area contributed by atoms with Crippen LogP contribution in [0.1, 0.15) is 50.6 Å². The second-order valence-electron chi connectivity index (χ2n) is 6.09. The molecule has 20 heavy (non-hydrogen) atoms. The molecule has 2 aliphatic rings. The van der Waals surface area contributed by atoms with Crippen LogP contribution in [-0.4, -0.2) is 19.8 Å². The summed E-state index contributed by atoms with van der Waals surface area (Å²) in [4.78, 5) is 0. The van der Waals surface area contributed by atoms with Gasteiger partial charge in [-0.1, -0.05) is 12.8 Å². The summed E-state index contributed by atoms with van der Waals surface area (Å²) >= 11 is 0. The Labute approximate surface area is 121 Å². The third-order valence-corrected chi connectivity index (χ3v) is 4.83. The lowest BCUT2D eigenvalue weighted by molar-refractivity contribution is 0.232. The number of rotatable bonds is 4. The molecule has 1 aromatic rings. The minimum Gasteiger partial charge on any atom is -0.497 e. The first-order valence-electron chi connectivity index (χ1n) is 7.84. The summed E-state index contributed by atoms with van der Waals surface area (Å²) in [6, 6.07) is 7.10. The quantitative estimate of drug-likeness (QED) is 0.909. The van der Waals surface area contributed by atoms with E-state index in [0.717, 1.165) is 30.4 Å². The van der Waals surface area contributed by atoms with Crippen LogP contribution in [0.4, 0.5) is 0 Å². The fraction of sp³-hybridized carbons (Fsp3) is 0.647. The number of nitrogens with one attached hydrogen (secondary N) is 1. The molecule has 1 N–H and O–H groups in total. The molecule has 1 saturated carbocycles. The first-order chi connectivity index (χ1) is 9.78. The van der Waals surface area contributed by atoms with Crippen molar-refractivity contribution in [3.8, 4) is 11.5 Å². The molecule has 1 unspecified atom stereocenters. The van der Waals surface area contributed by atoms with Gasteiger partial charge in [0.05, 0.1) is 13.7 Å². The Morgan fingerprint density at radius 1 is 1.25 bits per heavy atom. The number of methoxy groups -OCH3 is 1. The highest BCUT2D eigenvalue weighted by Gasteiger charge is 2.27. The molecular formula is C17H25NO2. The minimum atomic E-state index is 0.393. The molecule has 0 aromatic heterocycles. The van der Waals surface area contributed by atoms with Crippen molar-refractivity contribution in [2.45, 2.75) is 51.1 Å².